The van der Waals surface area contributed by atoms with Crippen LogP contribution in [-0.4, -0.2) is 29.1 Å². The summed E-state index contributed by atoms with van der Waals surface area (Å²) >= 11 is 1.38. The van der Waals surface area contributed by atoms with Crippen LogP contribution in [0.25, 0.3) is 6.08 Å². The monoisotopic (exact) mass is 511 g/mol. The first kappa shape index (κ1) is 26.1. The van der Waals surface area contributed by atoms with Crippen LogP contribution in [0.15, 0.2) is 76.6 Å². The molecule has 0 aromatic heterocycles. The van der Waals surface area contributed by atoms with E-state index in [1.54, 1.807) is 11.0 Å². The summed E-state index contributed by atoms with van der Waals surface area (Å²) in [7, 11) is 0. The Morgan fingerprint density at radius 2 is 1.81 bits per heavy atom. The molecular weight excluding hydrogens is 482 g/mol. The van der Waals surface area contributed by atoms with Crippen LogP contribution in [0.4, 0.5) is 5.69 Å². The van der Waals surface area contributed by atoms with Crippen LogP contribution in [0, 0.1) is 18.3 Å². The Kier molecular flexibility index (Phi) is 8.65. The Labute approximate surface area is 222 Å². The predicted octanol–water partition coefficient (Wildman–Crippen LogP) is 6.86. The molecular formula is C30H29N3O3S. The number of rotatable bonds is 9. The highest BCUT2D eigenvalue weighted by atomic mass is 32.2. The van der Waals surface area contributed by atoms with Crippen molar-refractivity contribution in [1.29, 1.82) is 5.26 Å². The van der Waals surface area contributed by atoms with Gasteiger partial charge in [-0.1, -0.05) is 48.9 Å². The average Bonchev–Trinajstić information content (AvgIpc) is 3.19. The van der Waals surface area contributed by atoms with Crippen molar-refractivity contribution in [2.45, 2.75) is 33.8 Å². The third kappa shape index (κ3) is 6.41. The van der Waals surface area contributed by atoms with Gasteiger partial charge in [0.2, 0.25) is 0 Å². The zero-order chi connectivity index (χ0) is 26.2. The van der Waals surface area contributed by atoms with Crippen molar-refractivity contribution in [3.8, 4) is 17.6 Å². The zero-order valence-corrected chi connectivity index (χ0v) is 22.0. The molecule has 37 heavy (non-hydrogen) atoms. The topological polar surface area (TPSA) is 74.9 Å². The SMILES string of the molecule is CCCN1C(=O)/C(=C\c2ccc(OCc3ccccc3C#N)c(OCC)c2)SC1=Nc1ccc(C)cc1. The molecule has 1 amide bonds. The van der Waals surface area contributed by atoms with Crippen molar-refractivity contribution in [3.05, 3.63) is 93.9 Å². The Morgan fingerprint density at radius 1 is 1.03 bits per heavy atom. The fourth-order valence-electron chi connectivity index (χ4n) is 3.81. The molecule has 0 spiro atoms. The van der Waals surface area contributed by atoms with Gasteiger partial charge in [0, 0.05) is 12.1 Å². The van der Waals surface area contributed by atoms with Crippen LogP contribution in [0.1, 0.15) is 42.5 Å². The van der Waals surface area contributed by atoms with E-state index in [2.05, 4.69) is 6.07 Å². The van der Waals surface area contributed by atoms with Crippen LogP contribution in [0.2, 0.25) is 0 Å². The Bertz CT molecular complexity index is 1370. The number of thioether (sulfide) groups is 1. The van der Waals surface area contributed by atoms with Crippen molar-refractivity contribution >= 4 is 34.6 Å². The minimum absolute atomic E-state index is 0.0518. The molecule has 7 heteroatoms. The summed E-state index contributed by atoms with van der Waals surface area (Å²) in [6, 6.07) is 23.1. The largest absolute Gasteiger partial charge is 0.490 e. The number of nitrogens with zero attached hydrogens (tertiary/aromatic N) is 3. The smallest absolute Gasteiger partial charge is 0.266 e. The maximum atomic E-state index is 13.2. The number of carbonyl (C=O) groups excluding carboxylic acids is 1. The second-order valence-corrected chi connectivity index (χ2v) is 9.50. The number of hydrogen-bond donors (Lipinski definition) is 0. The van der Waals surface area contributed by atoms with Gasteiger partial charge in [-0.25, -0.2) is 4.99 Å². The van der Waals surface area contributed by atoms with Crippen LogP contribution in [0.5, 0.6) is 11.5 Å². The minimum atomic E-state index is -0.0518. The number of aryl methyl sites for hydroxylation is 1. The molecule has 1 saturated heterocycles. The molecule has 1 fully saturated rings. The minimum Gasteiger partial charge on any atom is -0.490 e. The molecule has 0 N–H and O–H groups in total. The van der Waals surface area contributed by atoms with E-state index < -0.39 is 0 Å². The van der Waals surface area contributed by atoms with Gasteiger partial charge < -0.3 is 9.47 Å². The van der Waals surface area contributed by atoms with Crippen LogP contribution in [-0.2, 0) is 11.4 Å². The molecule has 0 unspecified atom stereocenters. The average molecular weight is 512 g/mol. The van der Waals surface area contributed by atoms with E-state index in [1.807, 2.05) is 87.5 Å². The molecule has 0 aliphatic carbocycles. The third-order valence-corrected chi connectivity index (χ3v) is 6.69. The van der Waals surface area contributed by atoms with Crippen LogP contribution >= 0.6 is 11.8 Å². The fraction of sp³-hybridized carbons (Fsp3) is 0.233. The van der Waals surface area contributed by atoms with Gasteiger partial charge in [0.1, 0.15) is 6.61 Å². The summed E-state index contributed by atoms with van der Waals surface area (Å²) in [6.07, 6.45) is 2.70. The number of hydrogen-bond acceptors (Lipinski definition) is 6. The number of aliphatic imine (C=N–C) groups is 1. The second-order valence-electron chi connectivity index (χ2n) is 8.49. The highest BCUT2D eigenvalue weighted by Crippen LogP contribution is 2.36. The van der Waals surface area contributed by atoms with Crippen molar-refractivity contribution in [2.75, 3.05) is 13.2 Å². The van der Waals surface area contributed by atoms with Gasteiger partial charge >= 0.3 is 0 Å². The molecule has 1 aliphatic heterocycles. The lowest BCUT2D eigenvalue weighted by Crippen LogP contribution is -2.29. The van der Waals surface area contributed by atoms with E-state index in [1.165, 1.54) is 11.8 Å². The maximum absolute atomic E-state index is 13.2. The summed E-state index contributed by atoms with van der Waals surface area (Å²) in [5, 5.41) is 10.0. The first-order valence-corrected chi connectivity index (χ1v) is 13.1. The summed E-state index contributed by atoms with van der Waals surface area (Å²) in [5.74, 6) is 1.11. The second kappa shape index (κ2) is 12.3. The molecule has 4 rings (SSSR count). The molecule has 1 heterocycles. The lowest BCUT2D eigenvalue weighted by atomic mass is 10.1. The molecule has 1 aliphatic rings. The molecule has 0 atom stereocenters. The van der Waals surface area contributed by atoms with E-state index in [0.717, 1.165) is 28.8 Å². The summed E-state index contributed by atoms with van der Waals surface area (Å²) in [6.45, 7) is 7.32. The van der Waals surface area contributed by atoms with E-state index >= 15 is 0 Å². The van der Waals surface area contributed by atoms with Gasteiger partial charge in [0.15, 0.2) is 16.7 Å². The van der Waals surface area contributed by atoms with E-state index in [9.17, 15) is 10.1 Å². The molecule has 0 saturated carbocycles. The van der Waals surface area contributed by atoms with Gasteiger partial charge in [-0.3, -0.25) is 9.69 Å². The third-order valence-electron chi connectivity index (χ3n) is 5.68. The summed E-state index contributed by atoms with van der Waals surface area (Å²) < 4.78 is 11.8. The Morgan fingerprint density at radius 3 is 2.54 bits per heavy atom. The maximum Gasteiger partial charge on any atom is 0.266 e. The van der Waals surface area contributed by atoms with E-state index in [0.29, 0.717) is 40.3 Å². The highest BCUT2D eigenvalue weighted by molar-refractivity contribution is 8.18. The Balaban J connectivity index is 1.58. The quantitative estimate of drug-likeness (QED) is 0.293. The number of amides is 1. The number of amidine groups is 1. The number of ether oxygens (including phenoxy) is 2. The lowest BCUT2D eigenvalue weighted by molar-refractivity contribution is -0.122. The summed E-state index contributed by atoms with van der Waals surface area (Å²) in [4.78, 5) is 20.3. The highest BCUT2D eigenvalue weighted by Gasteiger charge is 2.32. The molecule has 188 valence electrons. The van der Waals surface area contributed by atoms with Gasteiger partial charge in [-0.05, 0) is 74.0 Å². The van der Waals surface area contributed by atoms with Crippen molar-refractivity contribution < 1.29 is 14.3 Å². The van der Waals surface area contributed by atoms with Gasteiger partial charge in [0.05, 0.1) is 28.8 Å². The van der Waals surface area contributed by atoms with Gasteiger partial charge in [-0.15, -0.1) is 0 Å². The fourth-order valence-corrected chi connectivity index (χ4v) is 4.83. The van der Waals surface area contributed by atoms with Crippen LogP contribution < -0.4 is 9.47 Å². The molecule has 6 nitrogen and oxygen atoms in total. The first-order valence-electron chi connectivity index (χ1n) is 12.3. The molecule has 3 aromatic rings. The van der Waals surface area contributed by atoms with E-state index in [-0.39, 0.29) is 12.5 Å². The number of benzene rings is 3. The molecule has 0 bridgehead atoms. The van der Waals surface area contributed by atoms with Crippen LogP contribution in [0.3, 0.4) is 0 Å². The predicted molar refractivity (Wildman–Crippen MR) is 149 cm³/mol. The van der Waals surface area contributed by atoms with Crippen molar-refractivity contribution in [2.24, 2.45) is 4.99 Å². The van der Waals surface area contributed by atoms with E-state index in [4.69, 9.17) is 14.5 Å². The lowest BCUT2D eigenvalue weighted by Gasteiger charge is -2.14. The normalized spacial score (nSPS) is 15.3. The van der Waals surface area contributed by atoms with Gasteiger partial charge in [0.25, 0.3) is 5.91 Å². The standard InChI is InChI=1S/C30H29N3O3S/c1-4-16-33-29(34)28(37-30(33)32-25-13-10-21(3)11-14-25)18-22-12-15-26(27(17-22)35-5-2)36-20-24-9-7-6-8-23(24)19-31/h6-15,17-18H,4-5,16,20H2,1-3H3/b28-18+,32-30?. The van der Waals surface area contributed by atoms with Crippen molar-refractivity contribution in [1.82, 2.24) is 4.90 Å². The summed E-state index contributed by atoms with van der Waals surface area (Å²) in [5.41, 5.74) is 4.21. The van der Waals surface area contributed by atoms with Crippen molar-refractivity contribution in [3.63, 3.8) is 0 Å². The molecule has 3 aromatic carbocycles. The zero-order valence-electron chi connectivity index (χ0n) is 21.2. The van der Waals surface area contributed by atoms with Gasteiger partial charge in [-0.2, -0.15) is 5.26 Å². The number of carbonyl (C=O) groups is 1. The first-order chi connectivity index (χ1) is 18.0. The molecule has 0 radical (unpaired) electrons. The number of nitriles is 1. The Hall–Kier alpha value is -4.02.